The molecule has 6 heteroatoms. The molecule has 1 aromatic carbocycles. The Bertz CT molecular complexity index is 624. The zero-order valence-corrected chi connectivity index (χ0v) is 13.5. The largest absolute Gasteiger partial charge is 0.467 e. The first-order chi connectivity index (χ1) is 10.1. The number of hydrogen-bond donors (Lipinski definition) is 1. The van der Waals surface area contributed by atoms with Crippen LogP contribution in [-0.4, -0.2) is 18.0 Å². The fourth-order valence-electron chi connectivity index (χ4n) is 1.63. The van der Waals surface area contributed by atoms with Crippen LogP contribution in [0.2, 0.25) is 0 Å². The van der Waals surface area contributed by atoms with Crippen molar-refractivity contribution in [1.82, 2.24) is 5.32 Å². The first-order valence-electron chi connectivity index (χ1n) is 6.33. The highest BCUT2D eigenvalue weighted by Gasteiger charge is 2.18. The molecule has 1 N–H and O–H groups in total. The Labute approximate surface area is 135 Å². The SMILES string of the molecule is C[C@@H](OC(=O)c1cccc(I)c1)C(=O)NCc1ccco1. The summed E-state index contributed by atoms with van der Waals surface area (Å²) in [6.07, 6.45) is 0.660. The molecule has 110 valence electrons. The van der Waals surface area contributed by atoms with E-state index in [2.05, 4.69) is 27.9 Å². The van der Waals surface area contributed by atoms with Gasteiger partial charge in [0.25, 0.3) is 5.91 Å². The van der Waals surface area contributed by atoms with Crippen molar-refractivity contribution in [3.63, 3.8) is 0 Å². The number of amides is 1. The van der Waals surface area contributed by atoms with Gasteiger partial charge in [0.1, 0.15) is 5.76 Å². The van der Waals surface area contributed by atoms with Crippen LogP contribution >= 0.6 is 22.6 Å². The first-order valence-corrected chi connectivity index (χ1v) is 7.41. The number of nitrogens with one attached hydrogen (secondary N) is 1. The number of carbonyl (C=O) groups excluding carboxylic acids is 2. The van der Waals surface area contributed by atoms with Crippen LogP contribution in [0.3, 0.4) is 0 Å². The van der Waals surface area contributed by atoms with Gasteiger partial charge in [0.2, 0.25) is 0 Å². The predicted molar refractivity (Wildman–Crippen MR) is 84.6 cm³/mol. The third kappa shape index (κ3) is 4.59. The molecule has 1 aromatic heterocycles. The summed E-state index contributed by atoms with van der Waals surface area (Å²) in [7, 11) is 0. The Morgan fingerprint density at radius 3 is 2.81 bits per heavy atom. The smallest absolute Gasteiger partial charge is 0.338 e. The third-order valence-electron chi connectivity index (χ3n) is 2.73. The molecule has 0 unspecified atom stereocenters. The summed E-state index contributed by atoms with van der Waals surface area (Å²) in [6.45, 7) is 1.79. The maximum atomic E-state index is 11.9. The van der Waals surface area contributed by atoms with Gasteiger partial charge in [-0.15, -0.1) is 0 Å². The number of hydrogen-bond acceptors (Lipinski definition) is 4. The van der Waals surface area contributed by atoms with Gasteiger partial charge in [0.15, 0.2) is 6.10 Å². The fourth-order valence-corrected chi connectivity index (χ4v) is 2.17. The Morgan fingerprint density at radius 2 is 2.14 bits per heavy atom. The van der Waals surface area contributed by atoms with Crippen molar-refractivity contribution >= 4 is 34.5 Å². The summed E-state index contributed by atoms with van der Waals surface area (Å²) in [5.74, 6) is -0.251. The Balaban J connectivity index is 1.86. The maximum absolute atomic E-state index is 11.9. The van der Waals surface area contributed by atoms with Gasteiger partial charge in [-0.3, -0.25) is 4.79 Å². The molecule has 0 radical (unpaired) electrons. The molecule has 1 heterocycles. The predicted octanol–water partition coefficient (Wildman–Crippen LogP) is 2.75. The van der Waals surface area contributed by atoms with E-state index in [1.54, 1.807) is 30.3 Å². The average molecular weight is 399 g/mol. The number of benzene rings is 1. The van der Waals surface area contributed by atoms with Crippen molar-refractivity contribution < 1.29 is 18.7 Å². The van der Waals surface area contributed by atoms with E-state index in [1.165, 1.54) is 13.2 Å². The van der Waals surface area contributed by atoms with Crippen LogP contribution in [-0.2, 0) is 16.1 Å². The minimum absolute atomic E-state index is 0.261. The van der Waals surface area contributed by atoms with E-state index in [9.17, 15) is 9.59 Å². The van der Waals surface area contributed by atoms with Crippen LogP contribution in [0.4, 0.5) is 0 Å². The normalized spacial score (nSPS) is 11.7. The molecule has 0 fully saturated rings. The average Bonchev–Trinajstić information content (AvgIpc) is 2.97. The van der Waals surface area contributed by atoms with Crippen molar-refractivity contribution in [2.24, 2.45) is 0 Å². The molecular formula is C15H14INO4. The molecule has 0 saturated carbocycles. The quantitative estimate of drug-likeness (QED) is 0.620. The van der Waals surface area contributed by atoms with E-state index >= 15 is 0 Å². The van der Waals surface area contributed by atoms with Gasteiger partial charge in [-0.2, -0.15) is 0 Å². The lowest BCUT2D eigenvalue weighted by molar-refractivity contribution is -0.129. The van der Waals surface area contributed by atoms with Crippen LogP contribution < -0.4 is 5.32 Å². The molecule has 0 spiro atoms. The summed E-state index contributed by atoms with van der Waals surface area (Å²) in [6, 6.07) is 10.5. The molecule has 0 bridgehead atoms. The molecule has 1 atom stereocenters. The molecule has 2 rings (SSSR count). The highest BCUT2D eigenvalue weighted by Crippen LogP contribution is 2.10. The minimum Gasteiger partial charge on any atom is -0.467 e. The van der Waals surface area contributed by atoms with Gasteiger partial charge in [-0.1, -0.05) is 6.07 Å². The lowest BCUT2D eigenvalue weighted by Gasteiger charge is -2.13. The molecule has 0 saturated heterocycles. The minimum atomic E-state index is -0.870. The van der Waals surface area contributed by atoms with Crippen molar-refractivity contribution in [2.75, 3.05) is 0 Å². The number of rotatable bonds is 5. The Hall–Kier alpha value is -1.83. The molecule has 2 aromatic rings. The van der Waals surface area contributed by atoms with E-state index in [0.717, 1.165) is 3.57 Å². The third-order valence-corrected chi connectivity index (χ3v) is 3.40. The topological polar surface area (TPSA) is 68.5 Å². The van der Waals surface area contributed by atoms with Crippen molar-refractivity contribution in [3.05, 3.63) is 57.6 Å². The number of furan rings is 1. The number of carbonyl (C=O) groups is 2. The standard InChI is InChI=1S/C15H14INO4/c1-10(14(18)17-9-13-6-3-7-20-13)21-15(19)11-4-2-5-12(16)8-11/h2-8,10H,9H2,1H3,(H,17,18)/t10-/m1/s1. The van der Waals surface area contributed by atoms with Gasteiger partial charge >= 0.3 is 5.97 Å². The molecule has 0 aliphatic carbocycles. The highest BCUT2D eigenvalue weighted by molar-refractivity contribution is 14.1. The maximum Gasteiger partial charge on any atom is 0.338 e. The van der Waals surface area contributed by atoms with E-state index in [4.69, 9.17) is 9.15 Å². The zero-order chi connectivity index (χ0) is 15.2. The summed E-state index contributed by atoms with van der Waals surface area (Å²) in [5.41, 5.74) is 0.424. The number of ether oxygens (including phenoxy) is 1. The van der Waals surface area contributed by atoms with Gasteiger partial charge in [-0.05, 0) is 59.8 Å². The molecular weight excluding hydrogens is 385 g/mol. The monoisotopic (exact) mass is 399 g/mol. The fraction of sp³-hybridized carbons (Fsp3) is 0.200. The summed E-state index contributed by atoms with van der Waals surface area (Å²) < 4.78 is 11.2. The van der Waals surface area contributed by atoms with Crippen LogP contribution in [0.1, 0.15) is 23.0 Å². The van der Waals surface area contributed by atoms with Crippen LogP contribution in [0.5, 0.6) is 0 Å². The van der Waals surface area contributed by atoms with Gasteiger partial charge < -0.3 is 14.5 Å². The first kappa shape index (κ1) is 15.6. The zero-order valence-electron chi connectivity index (χ0n) is 11.3. The van der Waals surface area contributed by atoms with Crippen LogP contribution in [0, 0.1) is 3.57 Å². The molecule has 5 nitrogen and oxygen atoms in total. The van der Waals surface area contributed by atoms with Crippen molar-refractivity contribution in [2.45, 2.75) is 19.6 Å². The van der Waals surface area contributed by atoms with Crippen molar-refractivity contribution in [1.29, 1.82) is 0 Å². The van der Waals surface area contributed by atoms with Gasteiger partial charge in [0, 0.05) is 3.57 Å². The molecule has 0 aliphatic rings. The van der Waals surface area contributed by atoms with E-state index in [1.807, 2.05) is 6.07 Å². The van der Waals surface area contributed by atoms with Crippen molar-refractivity contribution in [3.8, 4) is 0 Å². The molecule has 21 heavy (non-hydrogen) atoms. The van der Waals surface area contributed by atoms with Crippen LogP contribution in [0.15, 0.2) is 47.1 Å². The number of halogens is 1. The lowest BCUT2D eigenvalue weighted by atomic mass is 10.2. The van der Waals surface area contributed by atoms with E-state index < -0.39 is 12.1 Å². The number of esters is 1. The molecule has 1 amide bonds. The van der Waals surface area contributed by atoms with E-state index in [0.29, 0.717) is 11.3 Å². The summed E-state index contributed by atoms with van der Waals surface area (Å²) in [5, 5.41) is 2.64. The van der Waals surface area contributed by atoms with Gasteiger partial charge in [-0.25, -0.2) is 4.79 Å². The van der Waals surface area contributed by atoms with Crippen LogP contribution in [0.25, 0.3) is 0 Å². The van der Waals surface area contributed by atoms with Gasteiger partial charge in [0.05, 0.1) is 18.4 Å². The molecule has 0 aliphatic heterocycles. The summed E-state index contributed by atoms with van der Waals surface area (Å²) in [4.78, 5) is 23.8. The summed E-state index contributed by atoms with van der Waals surface area (Å²) >= 11 is 2.11. The second-order valence-corrected chi connectivity index (χ2v) is 5.60. The Morgan fingerprint density at radius 1 is 1.33 bits per heavy atom. The van der Waals surface area contributed by atoms with E-state index in [-0.39, 0.29) is 12.5 Å². The Kier molecular flexibility index (Phi) is 5.38. The second kappa shape index (κ2) is 7.26. The second-order valence-electron chi connectivity index (χ2n) is 4.36. The lowest BCUT2D eigenvalue weighted by Crippen LogP contribution is -2.35. The highest BCUT2D eigenvalue weighted by atomic mass is 127.